The molecule has 0 unspecified atom stereocenters. The summed E-state index contributed by atoms with van der Waals surface area (Å²) in [6, 6.07) is 13.4. The Hall–Kier alpha value is -2.07. The van der Waals surface area contributed by atoms with E-state index < -0.39 is 0 Å². The summed E-state index contributed by atoms with van der Waals surface area (Å²) < 4.78 is 0. The summed E-state index contributed by atoms with van der Waals surface area (Å²) >= 11 is 0. The molecule has 106 valence electrons. The summed E-state index contributed by atoms with van der Waals surface area (Å²) in [5.74, 6) is 0. The highest BCUT2D eigenvalue weighted by atomic mass is 16.7. The van der Waals surface area contributed by atoms with E-state index in [9.17, 15) is 4.79 Å². The lowest BCUT2D eigenvalue weighted by atomic mass is 10.1. The van der Waals surface area contributed by atoms with Crippen LogP contribution < -0.4 is 10.8 Å². The molecule has 0 bridgehead atoms. The fourth-order valence-corrected chi connectivity index (χ4v) is 2.02. The van der Waals surface area contributed by atoms with Gasteiger partial charge in [-0.3, -0.25) is 4.84 Å². The van der Waals surface area contributed by atoms with E-state index in [1.165, 1.54) is 0 Å². The van der Waals surface area contributed by atoms with E-state index in [1.807, 2.05) is 42.5 Å². The maximum Gasteiger partial charge on any atom is 0.343 e. The number of urea groups is 1. The number of benzene rings is 2. The smallest absolute Gasteiger partial charge is 0.306 e. The van der Waals surface area contributed by atoms with Gasteiger partial charge < -0.3 is 5.32 Å². The standard InChI is InChI=1S/C16H20N2O2/c1-2-3-6-12-20-18-16(19)17-15-11-7-9-13-8-4-5-10-14(13)15/h4-5,7-11H,2-3,6,12H2,1H3,(H2,17,18,19). The molecule has 0 heterocycles. The van der Waals surface area contributed by atoms with Crippen LogP contribution in [0.5, 0.6) is 0 Å². The first-order valence-corrected chi connectivity index (χ1v) is 6.98. The molecule has 20 heavy (non-hydrogen) atoms. The summed E-state index contributed by atoms with van der Waals surface area (Å²) in [6.07, 6.45) is 3.18. The van der Waals surface area contributed by atoms with E-state index in [2.05, 4.69) is 17.7 Å². The van der Waals surface area contributed by atoms with Gasteiger partial charge in [0.05, 0.1) is 12.3 Å². The fourth-order valence-electron chi connectivity index (χ4n) is 2.02. The molecule has 2 aromatic carbocycles. The van der Waals surface area contributed by atoms with Crippen molar-refractivity contribution < 1.29 is 9.63 Å². The summed E-state index contributed by atoms with van der Waals surface area (Å²) in [4.78, 5) is 16.9. The van der Waals surface area contributed by atoms with Crippen LogP contribution in [0.1, 0.15) is 26.2 Å². The Labute approximate surface area is 119 Å². The Bertz CT molecular complexity index is 564. The Balaban J connectivity index is 1.90. The van der Waals surface area contributed by atoms with Gasteiger partial charge in [-0.1, -0.05) is 56.2 Å². The van der Waals surface area contributed by atoms with Crippen molar-refractivity contribution in [1.29, 1.82) is 0 Å². The maximum atomic E-state index is 11.7. The van der Waals surface area contributed by atoms with Crippen LogP contribution in [0, 0.1) is 0 Å². The van der Waals surface area contributed by atoms with Crippen LogP contribution in [0.15, 0.2) is 42.5 Å². The predicted molar refractivity (Wildman–Crippen MR) is 81.6 cm³/mol. The molecule has 4 heteroatoms. The summed E-state index contributed by atoms with van der Waals surface area (Å²) in [5.41, 5.74) is 3.18. The summed E-state index contributed by atoms with van der Waals surface area (Å²) in [6.45, 7) is 2.66. The first-order chi connectivity index (χ1) is 9.81. The third-order valence-corrected chi connectivity index (χ3v) is 3.05. The first-order valence-electron chi connectivity index (χ1n) is 6.98. The second-order valence-electron chi connectivity index (χ2n) is 4.64. The van der Waals surface area contributed by atoms with Crippen LogP contribution in [0.3, 0.4) is 0 Å². The van der Waals surface area contributed by atoms with Crippen molar-refractivity contribution in [2.45, 2.75) is 26.2 Å². The molecule has 0 radical (unpaired) electrons. The number of carbonyl (C=O) groups excluding carboxylic acids is 1. The van der Waals surface area contributed by atoms with Crippen LogP contribution in [-0.4, -0.2) is 12.6 Å². The Morgan fingerprint density at radius 1 is 1.10 bits per heavy atom. The van der Waals surface area contributed by atoms with E-state index in [0.29, 0.717) is 6.61 Å². The van der Waals surface area contributed by atoms with E-state index in [4.69, 9.17) is 4.84 Å². The number of carbonyl (C=O) groups is 1. The Kier molecular flexibility index (Phi) is 5.38. The van der Waals surface area contributed by atoms with Gasteiger partial charge >= 0.3 is 6.03 Å². The topological polar surface area (TPSA) is 50.4 Å². The molecule has 0 aromatic heterocycles. The van der Waals surface area contributed by atoms with E-state index in [1.54, 1.807) is 0 Å². The van der Waals surface area contributed by atoms with Crippen molar-refractivity contribution in [3.63, 3.8) is 0 Å². The lowest BCUT2D eigenvalue weighted by Crippen LogP contribution is -2.29. The molecule has 4 nitrogen and oxygen atoms in total. The minimum atomic E-state index is -0.349. The SMILES string of the molecule is CCCCCONC(=O)Nc1cccc2ccccc12. The van der Waals surface area contributed by atoms with Gasteiger partial charge in [0.15, 0.2) is 0 Å². The number of amides is 2. The average Bonchev–Trinajstić information content (AvgIpc) is 2.47. The van der Waals surface area contributed by atoms with Crippen molar-refractivity contribution in [1.82, 2.24) is 5.48 Å². The van der Waals surface area contributed by atoms with Crippen molar-refractivity contribution in [2.24, 2.45) is 0 Å². The molecule has 0 fully saturated rings. The van der Waals surface area contributed by atoms with Crippen LogP contribution in [0.4, 0.5) is 10.5 Å². The molecule has 2 amide bonds. The molecule has 2 rings (SSSR count). The quantitative estimate of drug-likeness (QED) is 0.615. The monoisotopic (exact) mass is 272 g/mol. The molecular formula is C16H20N2O2. The molecular weight excluding hydrogens is 252 g/mol. The van der Waals surface area contributed by atoms with Gasteiger partial charge in [-0.15, -0.1) is 0 Å². The van der Waals surface area contributed by atoms with Gasteiger partial charge in [0.2, 0.25) is 0 Å². The Morgan fingerprint density at radius 3 is 2.75 bits per heavy atom. The van der Waals surface area contributed by atoms with Crippen LogP contribution in [-0.2, 0) is 4.84 Å². The number of hydroxylamine groups is 1. The molecule has 0 aliphatic rings. The van der Waals surface area contributed by atoms with Gasteiger partial charge in [-0.05, 0) is 17.9 Å². The number of unbranched alkanes of at least 4 members (excludes halogenated alkanes) is 2. The zero-order valence-corrected chi connectivity index (χ0v) is 11.7. The molecule has 0 saturated carbocycles. The van der Waals surface area contributed by atoms with Gasteiger partial charge in [-0.25, -0.2) is 10.3 Å². The number of nitrogens with one attached hydrogen (secondary N) is 2. The number of hydrogen-bond donors (Lipinski definition) is 2. The highest BCUT2D eigenvalue weighted by Crippen LogP contribution is 2.22. The van der Waals surface area contributed by atoms with Gasteiger partial charge in [0.25, 0.3) is 0 Å². The highest BCUT2D eigenvalue weighted by Gasteiger charge is 2.04. The lowest BCUT2D eigenvalue weighted by Gasteiger charge is -2.10. The number of rotatable bonds is 6. The van der Waals surface area contributed by atoms with Crippen molar-refractivity contribution in [2.75, 3.05) is 11.9 Å². The van der Waals surface area contributed by atoms with Gasteiger partial charge in [-0.2, -0.15) is 0 Å². The highest BCUT2D eigenvalue weighted by molar-refractivity contribution is 6.01. The second kappa shape index (κ2) is 7.50. The molecule has 2 N–H and O–H groups in total. The average molecular weight is 272 g/mol. The van der Waals surface area contributed by atoms with Gasteiger partial charge in [0, 0.05) is 5.39 Å². The zero-order valence-electron chi connectivity index (χ0n) is 11.7. The number of anilines is 1. The molecule has 0 atom stereocenters. The largest absolute Gasteiger partial charge is 0.343 e. The first kappa shape index (κ1) is 14.3. The predicted octanol–water partition coefficient (Wildman–Crippen LogP) is 4.08. The van der Waals surface area contributed by atoms with Crippen LogP contribution >= 0.6 is 0 Å². The van der Waals surface area contributed by atoms with Crippen molar-refractivity contribution in [3.05, 3.63) is 42.5 Å². The second-order valence-corrected chi connectivity index (χ2v) is 4.64. The minimum Gasteiger partial charge on any atom is -0.306 e. The molecule has 0 aliphatic heterocycles. The lowest BCUT2D eigenvalue weighted by molar-refractivity contribution is 0.0634. The summed E-state index contributed by atoms with van der Waals surface area (Å²) in [5, 5.41) is 4.90. The van der Waals surface area contributed by atoms with E-state index in [-0.39, 0.29) is 6.03 Å². The van der Waals surface area contributed by atoms with Gasteiger partial charge in [0.1, 0.15) is 0 Å². The van der Waals surface area contributed by atoms with E-state index >= 15 is 0 Å². The minimum absolute atomic E-state index is 0.349. The third-order valence-electron chi connectivity index (χ3n) is 3.05. The van der Waals surface area contributed by atoms with Crippen molar-refractivity contribution in [3.8, 4) is 0 Å². The van der Waals surface area contributed by atoms with Crippen molar-refractivity contribution >= 4 is 22.5 Å². The maximum absolute atomic E-state index is 11.7. The third kappa shape index (κ3) is 3.96. The molecule has 2 aromatic rings. The normalized spacial score (nSPS) is 10.4. The number of fused-ring (bicyclic) bond motifs is 1. The summed E-state index contributed by atoms with van der Waals surface area (Å²) in [7, 11) is 0. The number of hydrogen-bond acceptors (Lipinski definition) is 2. The van der Waals surface area contributed by atoms with Crippen LogP contribution in [0.25, 0.3) is 10.8 Å². The molecule has 0 aliphatic carbocycles. The van der Waals surface area contributed by atoms with E-state index in [0.717, 1.165) is 35.7 Å². The molecule has 0 spiro atoms. The zero-order chi connectivity index (χ0) is 14.2. The fraction of sp³-hybridized carbons (Fsp3) is 0.312. The Morgan fingerprint density at radius 2 is 1.90 bits per heavy atom. The molecule has 0 saturated heterocycles. The van der Waals surface area contributed by atoms with Crippen LogP contribution in [0.2, 0.25) is 0 Å².